The molecular weight excluding hydrogens is 276 g/mol. The summed E-state index contributed by atoms with van der Waals surface area (Å²) in [6.07, 6.45) is 8.26. The second-order valence-corrected chi connectivity index (χ2v) is 5.89. The summed E-state index contributed by atoms with van der Waals surface area (Å²) < 4.78 is 2.08. The Hall–Kier alpha value is -2.17. The van der Waals surface area contributed by atoms with Crippen LogP contribution < -0.4 is 5.32 Å². The van der Waals surface area contributed by atoms with Crippen LogP contribution in [-0.2, 0) is 24.2 Å². The molecule has 0 bridgehead atoms. The van der Waals surface area contributed by atoms with E-state index < -0.39 is 0 Å². The molecule has 2 aromatic heterocycles. The number of fused-ring (bicyclic) bond motifs is 1. The van der Waals surface area contributed by atoms with Crippen LogP contribution in [0.1, 0.15) is 49.2 Å². The van der Waals surface area contributed by atoms with E-state index >= 15 is 0 Å². The highest BCUT2D eigenvalue weighted by Gasteiger charge is 2.17. The van der Waals surface area contributed by atoms with Crippen LogP contribution in [-0.4, -0.2) is 20.7 Å². The number of nitrogens with zero attached hydrogens (tertiary/aromatic N) is 3. The summed E-state index contributed by atoms with van der Waals surface area (Å²) in [7, 11) is 0. The maximum atomic E-state index is 12.1. The van der Waals surface area contributed by atoms with E-state index in [1.165, 1.54) is 18.5 Å². The van der Waals surface area contributed by atoms with Gasteiger partial charge in [0, 0.05) is 31.1 Å². The fraction of sp³-hybridized carbons (Fsp3) is 0.471. The molecule has 1 aliphatic heterocycles. The molecule has 0 saturated heterocycles. The molecule has 0 spiro atoms. The Bertz CT molecular complexity index is 612. The third kappa shape index (κ3) is 3.53. The average Bonchev–Trinajstić information content (AvgIpc) is 2.98. The molecule has 5 nitrogen and oxygen atoms in total. The number of hydrogen-bond donors (Lipinski definition) is 1. The Morgan fingerprint density at radius 1 is 1.36 bits per heavy atom. The fourth-order valence-corrected chi connectivity index (χ4v) is 2.85. The van der Waals surface area contributed by atoms with Crippen LogP contribution in [0.25, 0.3) is 0 Å². The summed E-state index contributed by atoms with van der Waals surface area (Å²) in [5.41, 5.74) is 3.39. The van der Waals surface area contributed by atoms with E-state index in [4.69, 9.17) is 0 Å². The molecule has 3 heterocycles. The Balaban J connectivity index is 1.53. The van der Waals surface area contributed by atoms with Crippen molar-refractivity contribution in [3.63, 3.8) is 0 Å². The summed E-state index contributed by atoms with van der Waals surface area (Å²) in [6, 6.07) is 5.98. The highest BCUT2D eigenvalue weighted by atomic mass is 16.1. The molecule has 2 aromatic rings. The lowest BCUT2D eigenvalue weighted by Gasteiger charge is -2.12. The molecule has 3 rings (SSSR count). The monoisotopic (exact) mass is 298 g/mol. The first-order valence-corrected chi connectivity index (χ1v) is 7.97. The van der Waals surface area contributed by atoms with Gasteiger partial charge in [-0.2, -0.15) is 5.10 Å². The largest absolute Gasteiger partial charge is 0.348 e. The standard InChI is InChI=1S/C17H22N4O/c1-13(16-12-15-4-2-3-11-21(15)20-16)19-17(22)6-5-14-7-9-18-10-8-14/h7-10,12-13H,2-6,11H2,1H3,(H,19,22)/t13-/m0/s1. The maximum Gasteiger partial charge on any atom is 0.220 e. The van der Waals surface area contributed by atoms with Crippen molar-refractivity contribution in [1.82, 2.24) is 20.1 Å². The van der Waals surface area contributed by atoms with Crippen molar-refractivity contribution < 1.29 is 4.79 Å². The van der Waals surface area contributed by atoms with Gasteiger partial charge in [-0.1, -0.05) is 0 Å². The zero-order valence-corrected chi connectivity index (χ0v) is 13.0. The zero-order valence-electron chi connectivity index (χ0n) is 13.0. The van der Waals surface area contributed by atoms with Crippen LogP contribution in [0.4, 0.5) is 0 Å². The van der Waals surface area contributed by atoms with Gasteiger partial charge in [0.15, 0.2) is 0 Å². The number of rotatable bonds is 5. The number of carbonyl (C=O) groups excluding carboxylic acids is 1. The van der Waals surface area contributed by atoms with Crippen molar-refractivity contribution in [3.05, 3.63) is 47.5 Å². The van der Waals surface area contributed by atoms with E-state index in [0.717, 1.165) is 30.6 Å². The number of hydrogen-bond acceptors (Lipinski definition) is 3. The van der Waals surface area contributed by atoms with Crippen molar-refractivity contribution in [1.29, 1.82) is 0 Å². The quantitative estimate of drug-likeness (QED) is 0.922. The Labute approximate surface area is 130 Å². The number of aromatic nitrogens is 3. The van der Waals surface area contributed by atoms with Crippen LogP contribution in [0, 0.1) is 0 Å². The van der Waals surface area contributed by atoms with E-state index in [-0.39, 0.29) is 11.9 Å². The predicted molar refractivity (Wildman–Crippen MR) is 84.3 cm³/mol. The van der Waals surface area contributed by atoms with Crippen molar-refractivity contribution >= 4 is 5.91 Å². The topological polar surface area (TPSA) is 59.8 Å². The first-order chi connectivity index (χ1) is 10.7. The van der Waals surface area contributed by atoms with E-state index in [9.17, 15) is 4.79 Å². The normalized spacial score (nSPS) is 15.1. The molecule has 1 aliphatic rings. The minimum absolute atomic E-state index is 0.0389. The maximum absolute atomic E-state index is 12.1. The molecule has 1 N–H and O–H groups in total. The van der Waals surface area contributed by atoms with E-state index in [1.54, 1.807) is 12.4 Å². The van der Waals surface area contributed by atoms with Crippen molar-refractivity contribution in [3.8, 4) is 0 Å². The van der Waals surface area contributed by atoms with Crippen molar-refractivity contribution in [2.45, 2.75) is 51.6 Å². The van der Waals surface area contributed by atoms with Gasteiger partial charge in [-0.15, -0.1) is 0 Å². The minimum Gasteiger partial charge on any atom is -0.348 e. The molecule has 5 heteroatoms. The van der Waals surface area contributed by atoms with Gasteiger partial charge in [0.05, 0.1) is 11.7 Å². The van der Waals surface area contributed by atoms with Crippen molar-refractivity contribution in [2.75, 3.05) is 0 Å². The first kappa shape index (κ1) is 14.8. The van der Waals surface area contributed by atoms with Gasteiger partial charge < -0.3 is 5.32 Å². The summed E-state index contributed by atoms with van der Waals surface area (Å²) in [6.45, 7) is 3.00. The van der Waals surface area contributed by atoms with Gasteiger partial charge in [0.25, 0.3) is 0 Å². The molecule has 0 fully saturated rings. The van der Waals surface area contributed by atoms with E-state index in [0.29, 0.717) is 6.42 Å². The highest BCUT2D eigenvalue weighted by Crippen LogP contribution is 2.19. The van der Waals surface area contributed by atoms with Gasteiger partial charge in [-0.25, -0.2) is 0 Å². The number of amides is 1. The zero-order chi connectivity index (χ0) is 15.4. The van der Waals surface area contributed by atoms with Gasteiger partial charge >= 0.3 is 0 Å². The molecule has 0 unspecified atom stereocenters. The third-order valence-corrected chi connectivity index (χ3v) is 4.15. The second kappa shape index (κ2) is 6.73. The van der Waals surface area contributed by atoms with Gasteiger partial charge in [0.1, 0.15) is 0 Å². The summed E-state index contributed by atoms with van der Waals surface area (Å²) in [5, 5.41) is 7.66. The first-order valence-electron chi connectivity index (χ1n) is 7.97. The third-order valence-electron chi connectivity index (χ3n) is 4.15. The summed E-state index contributed by atoms with van der Waals surface area (Å²) in [5.74, 6) is 0.0651. The van der Waals surface area contributed by atoms with Crippen molar-refractivity contribution in [2.24, 2.45) is 0 Å². The molecular formula is C17H22N4O. The molecule has 0 saturated carbocycles. The minimum atomic E-state index is -0.0389. The summed E-state index contributed by atoms with van der Waals surface area (Å²) in [4.78, 5) is 16.1. The molecule has 22 heavy (non-hydrogen) atoms. The van der Waals surface area contributed by atoms with Crippen LogP contribution >= 0.6 is 0 Å². The average molecular weight is 298 g/mol. The predicted octanol–water partition coefficient (Wildman–Crippen LogP) is 2.42. The number of carbonyl (C=O) groups is 1. The number of pyridine rings is 1. The van der Waals surface area contributed by atoms with Crippen LogP contribution in [0.3, 0.4) is 0 Å². The summed E-state index contributed by atoms with van der Waals surface area (Å²) >= 11 is 0. The molecule has 1 atom stereocenters. The van der Waals surface area contributed by atoms with Gasteiger partial charge in [-0.05, 0) is 56.4 Å². The lowest BCUT2D eigenvalue weighted by Crippen LogP contribution is -2.27. The molecule has 0 aliphatic carbocycles. The molecule has 116 valence electrons. The van der Waals surface area contributed by atoms with Crippen LogP contribution in [0.2, 0.25) is 0 Å². The number of aryl methyl sites for hydroxylation is 3. The lowest BCUT2D eigenvalue weighted by molar-refractivity contribution is -0.121. The van der Waals surface area contributed by atoms with Crippen LogP contribution in [0.5, 0.6) is 0 Å². The second-order valence-electron chi connectivity index (χ2n) is 5.89. The Morgan fingerprint density at radius 2 is 2.18 bits per heavy atom. The fourth-order valence-electron chi connectivity index (χ4n) is 2.85. The Kier molecular flexibility index (Phi) is 4.51. The molecule has 1 amide bonds. The molecule has 0 radical (unpaired) electrons. The lowest BCUT2D eigenvalue weighted by atomic mass is 10.1. The Morgan fingerprint density at radius 3 is 2.95 bits per heavy atom. The van der Waals surface area contributed by atoms with Crippen LogP contribution in [0.15, 0.2) is 30.6 Å². The number of nitrogens with one attached hydrogen (secondary N) is 1. The van der Waals surface area contributed by atoms with E-state index in [2.05, 4.69) is 26.1 Å². The SMILES string of the molecule is C[C@H](NC(=O)CCc1ccncc1)c1cc2n(n1)CCCC2. The molecule has 0 aromatic carbocycles. The smallest absolute Gasteiger partial charge is 0.220 e. The van der Waals surface area contributed by atoms with Gasteiger partial charge in [0.2, 0.25) is 5.91 Å². The van der Waals surface area contributed by atoms with Gasteiger partial charge in [-0.3, -0.25) is 14.5 Å². The van der Waals surface area contributed by atoms with E-state index in [1.807, 2.05) is 19.1 Å². The highest BCUT2D eigenvalue weighted by molar-refractivity contribution is 5.76.